The van der Waals surface area contributed by atoms with Gasteiger partial charge in [-0.3, -0.25) is 9.59 Å². The van der Waals surface area contributed by atoms with Gasteiger partial charge in [0.05, 0.1) is 0 Å². The van der Waals surface area contributed by atoms with E-state index in [2.05, 4.69) is 26.1 Å². The van der Waals surface area contributed by atoms with Crippen molar-refractivity contribution in [2.24, 2.45) is 0 Å². The molecule has 2 aromatic rings. The molecule has 0 radical (unpaired) electrons. The lowest BCUT2D eigenvalue weighted by molar-refractivity contribution is -0.118. The van der Waals surface area contributed by atoms with Gasteiger partial charge in [-0.1, -0.05) is 51.1 Å². The van der Waals surface area contributed by atoms with E-state index in [0.717, 1.165) is 5.69 Å². The van der Waals surface area contributed by atoms with Crippen molar-refractivity contribution < 1.29 is 9.59 Å². The van der Waals surface area contributed by atoms with E-state index in [1.807, 2.05) is 54.6 Å². The summed E-state index contributed by atoms with van der Waals surface area (Å²) >= 11 is 0. The first kappa shape index (κ1) is 18.7. The monoisotopic (exact) mass is 338 g/mol. The number of anilines is 1. The molecule has 4 heteroatoms. The third-order valence-electron chi connectivity index (χ3n) is 4.16. The van der Waals surface area contributed by atoms with Crippen LogP contribution in [0.4, 0.5) is 5.69 Å². The van der Waals surface area contributed by atoms with Gasteiger partial charge in [0.1, 0.15) is 0 Å². The molecule has 0 fully saturated rings. The fourth-order valence-electron chi connectivity index (χ4n) is 2.47. The second kappa shape index (κ2) is 7.97. The molecule has 2 amide bonds. The summed E-state index contributed by atoms with van der Waals surface area (Å²) < 4.78 is 0. The first-order valence-corrected chi connectivity index (χ1v) is 8.49. The van der Waals surface area contributed by atoms with Crippen LogP contribution < -0.4 is 10.2 Å². The summed E-state index contributed by atoms with van der Waals surface area (Å²) in [6, 6.07) is 17.1. The van der Waals surface area contributed by atoms with Crippen molar-refractivity contribution in [2.75, 3.05) is 18.5 Å². The van der Waals surface area contributed by atoms with E-state index in [1.54, 1.807) is 11.9 Å². The summed E-state index contributed by atoms with van der Waals surface area (Å²) in [6.45, 7) is 6.72. The molecule has 0 saturated carbocycles. The highest BCUT2D eigenvalue weighted by atomic mass is 16.2. The second-order valence-corrected chi connectivity index (χ2v) is 7.12. The van der Waals surface area contributed by atoms with Crippen LogP contribution in [0, 0.1) is 0 Å². The van der Waals surface area contributed by atoms with E-state index in [4.69, 9.17) is 0 Å². The summed E-state index contributed by atoms with van der Waals surface area (Å²) in [4.78, 5) is 26.0. The Kier molecular flexibility index (Phi) is 5.97. The zero-order valence-electron chi connectivity index (χ0n) is 15.4. The molecule has 0 aliphatic rings. The molecule has 4 nitrogen and oxygen atoms in total. The smallest absolute Gasteiger partial charge is 0.251 e. The molecule has 0 aliphatic heterocycles. The molecule has 25 heavy (non-hydrogen) atoms. The van der Waals surface area contributed by atoms with Crippen LogP contribution in [0.2, 0.25) is 0 Å². The second-order valence-electron chi connectivity index (χ2n) is 7.12. The fraction of sp³-hybridized carbons (Fsp3) is 0.333. The number of rotatable bonds is 5. The molecular weight excluding hydrogens is 312 g/mol. The number of para-hydroxylation sites is 1. The fourth-order valence-corrected chi connectivity index (χ4v) is 2.47. The molecule has 0 bridgehead atoms. The van der Waals surface area contributed by atoms with Gasteiger partial charge < -0.3 is 10.2 Å². The third-order valence-corrected chi connectivity index (χ3v) is 4.16. The summed E-state index contributed by atoms with van der Waals surface area (Å²) in [5, 5.41) is 2.81. The third kappa shape index (κ3) is 5.18. The lowest BCUT2D eigenvalue weighted by atomic mass is 9.87. The van der Waals surface area contributed by atoms with Gasteiger partial charge in [0, 0.05) is 31.3 Å². The first-order chi connectivity index (χ1) is 11.8. The van der Waals surface area contributed by atoms with Gasteiger partial charge in [0.15, 0.2) is 0 Å². The number of benzene rings is 2. The Bertz CT molecular complexity index is 716. The maximum absolute atomic E-state index is 12.2. The largest absolute Gasteiger partial charge is 0.352 e. The van der Waals surface area contributed by atoms with E-state index >= 15 is 0 Å². The number of nitrogens with one attached hydrogen (secondary N) is 1. The number of hydrogen-bond donors (Lipinski definition) is 1. The van der Waals surface area contributed by atoms with Crippen LogP contribution in [0.5, 0.6) is 0 Å². The number of carbonyl (C=O) groups excluding carboxylic acids is 2. The predicted octanol–water partition coefficient (Wildman–Crippen LogP) is 3.77. The summed E-state index contributed by atoms with van der Waals surface area (Å²) in [7, 11) is 1.74. The van der Waals surface area contributed by atoms with Crippen molar-refractivity contribution in [3.8, 4) is 0 Å². The summed E-state index contributed by atoms with van der Waals surface area (Å²) in [5.41, 5.74) is 2.70. The van der Waals surface area contributed by atoms with Crippen molar-refractivity contribution in [1.82, 2.24) is 5.32 Å². The molecular formula is C21H26N2O2. The van der Waals surface area contributed by atoms with Crippen LogP contribution >= 0.6 is 0 Å². The maximum Gasteiger partial charge on any atom is 0.251 e. The Balaban J connectivity index is 1.85. The Labute approximate surface area is 149 Å². The maximum atomic E-state index is 12.2. The quantitative estimate of drug-likeness (QED) is 0.902. The highest BCUT2D eigenvalue weighted by molar-refractivity contribution is 5.95. The van der Waals surface area contributed by atoms with Gasteiger partial charge in [-0.05, 0) is 35.2 Å². The van der Waals surface area contributed by atoms with Crippen LogP contribution in [0.1, 0.15) is 43.1 Å². The van der Waals surface area contributed by atoms with Gasteiger partial charge in [0.2, 0.25) is 5.91 Å². The van der Waals surface area contributed by atoms with Crippen molar-refractivity contribution in [2.45, 2.75) is 32.6 Å². The van der Waals surface area contributed by atoms with Gasteiger partial charge in [-0.2, -0.15) is 0 Å². The molecule has 132 valence electrons. The molecule has 2 aromatic carbocycles. The molecule has 2 rings (SSSR count). The van der Waals surface area contributed by atoms with Crippen molar-refractivity contribution in [3.63, 3.8) is 0 Å². The Morgan fingerprint density at radius 1 is 0.960 bits per heavy atom. The van der Waals surface area contributed by atoms with Gasteiger partial charge in [0.25, 0.3) is 5.91 Å². The normalized spacial score (nSPS) is 11.0. The zero-order valence-corrected chi connectivity index (χ0v) is 15.4. The van der Waals surface area contributed by atoms with Crippen LogP contribution in [0.15, 0.2) is 54.6 Å². The number of carbonyl (C=O) groups is 2. The van der Waals surface area contributed by atoms with E-state index < -0.39 is 0 Å². The molecule has 0 aliphatic carbocycles. The molecule has 0 aromatic heterocycles. The van der Waals surface area contributed by atoms with Gasteiger partial charge in [-0.25, -0.2) is 0 Å². The van der Waals surface area contributed by atoms with E-state index in [9.17, 15) is 9.59 Å². The van der Waals surface area contributed by atoms with Gasteiger partial charge >= 0.3 is 0 Å². The molecule has 1 N–H and O–H groups in total. The standard InChI is InChI=1S/C21H26N2O2/c1-21(2,3)17-12-10-16(11-13-17)20(25)22-15-14-19(24)23(4)18-8-6-5-7-9-18/h5-13H,14-15H2,1-4H3,(H,22,25). The zero-order chi connectivity index (χ0) is 18.4. The SMILES string of the molecule is CN(C(=O)CCNC(=O)c1ccc(C(C)(C)C)cc1)c1ccccc1. The van der Waals surface area contributed by atoms with Crippen molar-refractivity contribution in [1.29, 1.82) is 0 Å². The first-order valence-electron chi connectivity index (χ1n) is 8.49. The van der Waals surface area contributed by atoms with E-state index in [-0.39, 0.29) is 23.7 Å². The van der Waals surface area contributed by atoms with E-state index in [0.29, 0.717) is 12.1 Å². The Morgan fingerprint density at radius 3 is 2.12 bits per heavy atom. The minimum atomic E-state index is -0.157. The number of nitrogens with zero attached hydrogens (tertiary/aromatic N) is 1. The van der Waals surface area contributed by atoms with Crippen LogP contribution in [0.25, 0.3) is 0 Å². The minimum Gasteiger partial charge on any atom is -0.352 e. The average molecular weight is 338 g/mol. The summed E-state index contributed by atoms with van der Waals surface area (Å²) in [6.07, 6.45) is 0.261. The Hall–Kier alpha value is -2.62. The highest BCUT2D eigenvalue weighted by Crippen LogP contribution is 2.22. The van der Waals surface area contributed by atoms with Crippen molar-refractivity contribution in [3.05, 3.63) is 65.7 Å². The summed E-state index contributed by atoms with van der Waals surface area (Å²) in [5.74, 6) is -0.190. The molecule has 0 unspecified atom stereocenters. The minimum absolute atomic E-state index is 0.0328. The molecule has 0 spiro atoms. The molecule has 0 heterocycles. The van der Waals surface area contributed by atoms with Crippen LogP contribution in [-0.2, 0) is 10.2 Å². The topological polar surface area (TPSA) is 49.4 Å². The van der Waals surface area contributed by atoms with E-state index in [1.165, 1.54) is 5.56 Å². The molecule has 0 saturated heterocycles. The predicted molar refractivity (Wildman–Crippen MR) is 102 cm³/mol. The van der Waals surface area contributed by atoms with Gasteiger partial charge in [-0.15, -0.1) is 0 Å². The highest BCUT2D eigenvalue weighted by Gasteiger charge is 2.15. The average Bonchev–Trinajstić information content (AvgIpc) is 2.61. The van der Waals surface area contributed by atoms with Crippen molar-refractivity contribution >= 4 is 17.5 Å². The Morgan fingerprint density at radius 2 is 1.56 bits per heavy atom. The van der Waals surface area contributed by atoms with Crippen LogP contribution in [0.3, 0.4) is 0 Å². The van der Waals surface area contributed by atoms with Crippen LogP contribution in [-0.4, -0.2) is 25.4 Å². The lowest BCUT2D eigenvalue weighted by Gasteiger charge is -2.19. The number of amides is 2. The lowest BCUT2D eigenvalue weighted by Crippen LogP contribution is -2.32. The number of hydrogen-bond acceptors (Lipinski definition) is 2. The molecule has 0 atom stereocenters.